The van der Waals surface area contributed by atoms with Crippen LogP contribution in [-0.4, -0.2) is 64.3 Å². The first-order valence-electron chi connectivity index (χ1n) is 7.22. The SMILES string of the molecule is O=c1ccn([C@@H]2O[C@H](COP(=O)(O)OP(=O)(O)OP(O)(O)=S)C(O)[C@@H]2O)c(=O)[nH]1. The minimum atomic E-state index is -5.52. The number of hydrogen-bond donors (Lipinski definition) is 7. The summed E-state index contributed by atoms with van der Waals surface area (Å²) in [6, 6.07) is 0.937. The number of H-pyrrole nitrogens is 1. The highest BCUT2D eigenvalue weighted by molar-refractivity contribution is 8.08. The average molecular weight is 500 g/mol. The van der Waals surface area contributed by atoms with Crippen LogP contribution in [0.4, 0.5) is 0 Å². The van der Waals surface area contributed by atoms with Crippen LogP contribution < -0.4 is 11.2 Å². The summed E-state index contributed by atoms with van der Waals surface area (Å²) in [5.74, 6) is 0. The number of phosphoric acid groups is 2. The van der Waals surface area contributed by atoms with E-state index < -0.39 is 64.8 Å². The molecule has 29 heavy (non-hydrogen) atoms. The van der Waals surface area contributed by atoms with Crippen molar-refractivity contribution in [1.29, 1.82) is 0 Å². The molecule has 2 rings (SSSR count). The normalized spacial score (nSPS) is 29.3. The fraction of sp³-hybridized carbons (Fsp3) is 0.556. The zero-order valence-corrected chi connectivity index (χ0v) is 17.3. The van der Waals surface area contributed by atoms with E-state index in [1.165, 1.54) is 0 Å². The molecule has 1 fully saturated rings. The number of aliphatic hydroxyl groups excluding tert-OH is 2. The van der Waals surface area contributed by atoms with E-state index in [0.717, 1.165) is 16.8 Å². The number of nitrogens with one attached hydrogen (secondary N) is 1. The number of aromatic amines is 1. The third kappa shape index (κ3) is 6.95. The van der Waals surface area contributed by atoms with E-state index in [-0.39, 0.29) is 0 Å². The molecule has 1 aliphatic heterocycles. The van der Waals surface area contributed by atoms with E-state index in [1.54, 1.807) is 0 Å². The third-order valence-corrected chi connectivity index (χ3v) is 7.68. The summed E-state index contributed by atoms with van der Waals surface area (Å²) in [6.45, 7) is -5.72. The van der Waals surface area contributed by atoms with E-state index >= 15 is 0 Å². The predicted octanol–water partition coefficient (Wildman–Crippen LogP) is -2.38. The molecular weight excluding hydrogens is 485 g/mol. The van der Waals surface area contributed by atoms with E-state index in [1.807, 2.05) is 4.98 Å². The predicted molar refractivity (Wildman–Crippen MR) is 93.7 cm³/mol. The van der Waals surface area contributed by atoms with Crippen molar-refractivity contribution >= 4 is 34.2 Å². The highest BCUT2D eigenvalue weighted by atomic mass is 32.5. The van der Waals surface area contributed by atoms with Gasteiger partial charge < -0.3 is 34.5 Å². The molecule has 20 heteroatoms. The van der Waals surface area contributed by atoms with Gasteiger partial charge in [-0.15, -0.1) is 0 Å². The Morgan fingerprint density at radius 3 is 2.28 bits per heavy atom. The lowest BCUT2D eigenvalue weighted by Gasteiger charge is -2.19. The van der Waals surface area contributed by atoms with Gasteiger partial charge in [-0.3, -0.25) is 18.9 Å². The summed E-state index contributed by atoms with van der Waals surface area (Å²) in [5.41, 5.74) is -1.71. The van der Waals surface area contributed by atoms with Crippen molar-refractivity contribution in [3.63, 3.8) is 0 Å². The standard InChI is InChI=1S/C9H15N2O14P3S/c12-5-1-2-11(9(15)10-5)8-7(14)6(13)4(23-8)3-22-26(16,17)24-27(18,19)25-28(20,21)29/h1-2,4,6-8,13-14H,3H2,(H,16,17)(H,18,19)(H,10,12,15)(H2,20,21,29)/t4-,6?,7+,8-/m1/s1. The Hall–Kier alpha value is -0.610. The molecular formula is C9H15N2O14P3S. The Morgan fingerprint density at radius 1 is 1.10 bits per heavy atom. The van der Waals surface area contributed by atoms with Crippen molar-refractivity contribution in [3.05, 3.63) is 33.1 Å². The van der Waals surface area contributed by atoms with Crippen molar-refractivity contribution in [2.24, 2.45) is 0 Å². The maximum Gasteiger partial charge on any atom is 0.488 e. The molecule has 0 bridgehead atoms. The van der Waals surface area contributed by atoms with E-state index in [0.29, 0.717) is 0 Å². The van der Waals surface area contributed by atoms with Crippen LogP contribution in [0.2, 0.25) is 0 Å². The van der Waals surface area contributed by atoms with Gasteiger partial charge in [0.05, 0.1) is 6.61 Å². The van der Waals surface area contributed by atoms with Crippen LogP contribution in [0.3, 0.4) is 0 Å². The van der Waals surface area contributed by atoms with Crippen molar-refractivity contribution in [2.75, 3.05) is 6.61 Å². The molecule has 0 aromatic carbocycles. The Kier molecular flexibility index (Phi) is 7.54. The monoisotopic (exact) mass is 500 g/mol. The van der Waals surface area contributed by atoms with Crippen LogP contribution >= 0.6 is 22.4 Å². The number of aliphatic hydroxyl groups is 2. The molecule has 1 aromatic heterocycles. The molecule has 6 atom stereocenters. The highest BCUT2D eigenvalue weighted by Gasteiger charge is 2.46. The lowest BCUT2D eigenvalue weighted by molar-refractivity contribution is -0.0542. The third-order valence-electron chi connectivity index (χ3n) is 3.28. The molecule has 0 amide bonds. The maximum absolute atomic E-state index is 11.8. The number of ether oxygens (including phenoxy) is 1. The van der Waals surface area contributed by atoms with Crippen LogP contribution in [0, 0.1) is 0 Å². The lowest BCUT2D eigenvalue weighted by Crippen LogP contribution is -2.37. The van der Waals surface area contributed by atoms with Crippen molar-refractivity contribution < 1.29 is 56.8 Å². The van der Waals surface area contributed by atoms with Gasteiger partial charge in [0.15, 0.2) is 6.23 Å². The van der Waals surface area contributed by atoms with Crippen molar-refractivity contribution in [3.8, 4) is 0 Å². The number of aromatic nitrogens is 2. The summed E-state index contributed by atoms with van der Waals surface area (Å²) < 4.78 is 40.9. The summed E-state index contributed by atoms with van der Waals surface area (Å²) in [6.07, 6.45) is -5.55. The maximum atomic E-state index is 11.8. The molecule has 0 aliphatic carbocycles. The summed E-state index contributed by atoms with van der Waals surface area (Å²) in [5, 5.41) is 20.0. The summed E-state index contributed by atoms with van der Waals surface area (Å²) in [4.78, 5) is 60.9. The molecule has 16 nitrogen and oxygen atoms in total. The topological polar surface area (TPSA) is 247 Å². The van der Waals surface area contributed by atoms with E-state index in [9.17, 15) is 33.8 Å². The zero-order valence-electron chi connectivity index (χ0n) is 13.8. The van der Waals surface area contributed by atoms with Crippen LogP contribution in [0.1, 0.15) is 6.23 Å². The smallest absolute Gasteiger partial charge is 0.387 e. The minimum Gasteiger partial charge on any atom is -0.387 e. The molecule has 0 radical (unpaired) electrons. The first kappa shape index (κ1) is 24.7. The van der Waals surface area contributed by atoms with E-state index in [2.05, 4.69) is 25.0 Å². The quantitative estimate of drug-likeness (QED) is 0.184. The first-order chi connectivity index (χ1) is 13.1. The second kappa shape index (κ2) is 8.86. The largest absolute Gasteiger partial charge is 0.488 e. The minimum absolute atomic E-state index is 0.732. The van der Waals surface area contributed by atoms with Gasteiger partial charge in [0.2, 0.25) is 0 Å². The Bertz CT molecular complexity index is 1000. The van der Waals surface area contributed by atoms with Gasteiger partial charge >= 0.3 is 28.1 Å². The molecule has 1 aliphatic rings. The Labute approximate surface area is 165 Å². The Morgan fingerprint density at radius 2 is 1.72 bits per heavy atom. The van der Waals surface area contributed by atoms with Gasteiger partial charge in [0.25, 0.3) is 5.56 Å². The second-order valence-corrected chi connectivity index (χ2v) is 11.3. The fourth-order valence-electron chi connectivity index (χ4n) is 2.20. The van der Waals surface area contributed by atoms with Crippen LogP contribution in [-0.2, 0) is 38.8 Å². The number of hydrogen-bond acceptors (Lipinski definition) is 11. The molecule has 0 spiro atoms. The Balaban J connectivity index is 2.06. The molecule has 3 unspecified atom stereocenters. The molecule has 1 saturated heterocycles. The lowest BCUT2D eigenvalue weighted by atomic mass is 10.1. The molecule has 0 saturated carbocycles. The first-order valence-corrected chi connectivity index (χ1v) is 12.8. The number of nitrogens with zero attached hydrogens (tertiary/aromatic N) is 1. The highest BCUT2D eigenvalue weighted by Crippen LogP contribution is 2.66. The molecule has 7 N–H and O–H groups in total. The van der Waals surface area contributed by atoms with Gasteiger partial charge in [-0.2, -0.15) is 4.31 Å². The van der Waals surface area contributed by atoms with Crippen molar-refractivity contribution in [1.82, 2.24) is 9.55 Å². The molecule has 1 aromatic rings. The van der Waals surface area contributed by atoms with Crippen LogP contribution in [0.5, 0.6) is 0 Å². The number of phosphoric ester groups is 1. The summed E-state index contributed by atoms with van der Waals surface area (Å²) >= 11 is 3.93. The molecule has 166 valence electrons. The number of rotatable bonds is 8. The second-order valence-electron chi connectivity index (χ2n) is 5.45. The van der Waals surface area contributed by atoms with Gasteiger partial charge in [-0.25, -0.2) is 18.2 Å². The van der Waals surface area contributed by atoms with Crippen LogP contribution in [0.15, 0.2) is 21.9 Å². The van der Waals surface area contributed by atoms with Gasteiger partial charge in [0.1, 0.15) is 18.3 Å². The fourth-order valence-corrected chi connectivity index (χ4v) is 5.98. The van der Waals surface area contributed by atoms with Crippen molar-refractivity contribution in [2.45, 2.75) is 24.5 Å². The average Bonchev–Trinajstić information content (AvgIpc) is 2.78. The summed E-state index contributed by atoms with van der Waals surface area (Å²) in [7, 11) is -10.9. The van der Waals surface area contributed by atoms with Gasteiger partial charge in [-0.1, -0.05) is 0 Å². The van der Waals surface area contributed by atoms with Gasteiger partial charge in [-0.05, 0) is 11.8 Å². The van der Waals surface area contributed by atoms with Gasteiger partial charge in [0, 0.05) is 12.3 Å². The molecule has 2 heterocycles. The van der Waals surface area contributed by atoms with Crippen LogP contribution in [0.25, 0.3) is 0 Å². The zero-order chi connectivity index (χ0) is 22.2. The van der Waals surface area contributed by atoms with E-state index in [4.69, 9.17) is 19.4 Å².